The topological polar surface area (TPSA) is 119 Å². The molecule has 2 aromatic heterocycles. The van der Waals surface area contributed by atoms with Crippen molar-refractivity contribution in [3.63, 3.8) is 0 Å². The number of fused-ring (bicyclic) bond motifs is 1. The van der Waals surface area contributed by atoms with Gasteiger partial charge in [0.15, 0.2) is 5.78 Å². The molecule has 2 N–H and O–H groups in total. The first kappa shape index (κ1) is 30.7. The fourth-order valence-corrected chi connectivity index (χ4v) is 4.71. The molecule has 0 spiro atoms. The van der Waals surface area contributed by atoms with Gasteiger partial charge in [0.05, 0.1) is 7.11 Å². The molecule has 8 heteroatoms. The van der Waals surface area contributed by atoms with E-state index in [9.17, 15) is 19.5 Å². The molecule has 0 aliphatic rings. The number of ketones is 1. The van der Waals surface area contributed by atoms with Gasteiger partial charge in [0.25, 0.3) is 0 Å². The van der Waals surface area contributed by atoms with E-state index in [-0.39, 0.29) is 23.7 Å². The zero-order valence-corrected chi connectivity index (χ0v) is 24.2. The molecule has 3 aromatic rings. The minimum absolute atomic E-state index is 0.203. The first-order valence-electron chi connectivity index (χ1n) is 14.0. The summed E-state index contributed by atoms with van der Waals surface area (Å²) in [5.41, 5.74) is -0.217. The molecule has 2 heterocycles. The number of allylic oxidation sites excluding steroid dienone is 1. The van der Waals surface area contributed by atoms with E-state index in [0.717, 1.165) is 23.8 Å². The van der Waals surface area contributed by atoms with Gasteiger partial charge < -0.3 is 18.7 Å². The molecule has 0 saturated heterocycles. The highest BCUT2D eigenvalue weighted by Gasteiger charge is 2.35. The monoisotopic (exact) mass is 551 g/mol. The van der Waals surface area contributed by atoms with Crippen LogP contribution in [0.3, 0.4) is 0 Å². The van der Waals surface area contributed by atoms with Crippen LogP contribution in [0.25, 0.3) is 11.0 Å². The standard InChI is InChI=1S/C32H41NO7/c1-6-7-8-9-13-22-14-15-26-23(17-22)18-24(39-26)20-32(3,4)29(35)28-25(34)19-27(40-30(28)36)21(2)12-10-11-16-33-31(37)38-5/h11,14-19,21,34H,6-10,12-13,20H2,1-5H3,(H,33,37)/b16-11+. The van der Waals surface area contributed by atoms with Gasteiger partial charge in [-0.25, -0.2) is 9.59 Å². The maximum absolute atomic E-state index is 13.4. The third-order valence-corrected chi connectivity index (χ3v) is 7.11. The van der Waals surface area contributed by atoms with E-state index >= 15 is 0 Å². The number of carbonyl (C=O) groups excluding carboxylic acids is 2. The Morgan fingerprint density at radius 2 is 1.90 bits per heavy atom. The SMILES string of the molecule is CCCCCCc1ccc2oc(CC(C)(C)C(=O)c3c(O)cc(C(C)CC/C=C/NC(=O)OC)oc3=O)cc2c1. The Balaban J connectivity index is 1.68. The van der Waals surface area contributed by atoms with Crippen LogP contribution in [0.5, 0.6) is 5.75 Å². The number of rotatable bonds is 14. The molecule has 8 nitrogen and oxygen atoms in total. The van der Waals surface area contributed by atoms with Crippen molar-refractivity contribution in [1.82, 2.24) is 5.32 Å². The van der Waals surface area contributed by atoms with E-state index in [0.29, 0.717) is 18.6 Å². The Hall–Kier alpha value is -3.81. The summed E-state index contributed by atoms with van der Waals surface area (Å²) >= 11 is 0. The van der Waals surface area contributed by atoms with Gasteiger partial charge in [-0.3, -0.25) is 10.1 Å². The molecule has 40 heavy (non-hydrogen) atoms. The number of aryl methyl sites for hydroxylation is 1. The predicted octanol–water partition coefficient (Wildman–Crippen LogP) is 7.42. The molecule has 0 aliphatic heterocycles. The molecule has 1 unspecified atom stereocenters. The average molecular weight is 552 g/mol. The summed E-state index contributed by atoms with van der Waals surface area (Å²) in [5.74, 6) is -0.178. The fraction of sp³-hybridized carbons (Fsp3) is 0.469. The van der Waals surface area contributed by atoms with E-state index in [1.807, 2.05) is 19.1 Å². The average Bonchev–Trinajstić information content (AvgIpc) is 3.30. The molecule has 1 aromatic carbocycles. The summed E-state index contributed by atoms with van der Waals surface area (Å²) in [5, 5.41) is 14.1. The zero-order valence-electron chi connectivity index (χ0n) is 24.2. The summed E-state index contributed by atoms with van der Waals surface area (Å²) in [6, 6.07) is 9.47. The highest BCUT2D eigenvalue weighted by molar-refractivity contribution is 6.02. The Labute approximate surface area is 235 Å². The number of aromatic hydroxyl groups is 1. The number of carbonyl (C=O) groups is 2. The van der Waals surface area contributed by atoms with Crippen molar-refractivity contribution >= 4 is 22.8 Å². The number of unbranched alkanes of at least 4 members (excludes halogenated alkanes) is 3. The highest BCUT2D eigenvalue weighted by atomic mass is 16.5. The minimum atomic E-state index is -1.02. The Morgan fingerprint density at radius 3 is 2.60 bits per heavy atom. The number of hydrogen-bond acceptors (Lipinski definition) is 7. The third-order valence-electron chi connectivity index (χ3n) is 7.11. The molecular formula is C32H41NO7. The van der Waals surface area contributed by atoms with Crippen molar-refractivity contribution in [3.8, 4) is 5.75 Å². The Bertz CT molecular complexity index is 1400. The second kappa shape index (κ2) is 14.0. The second-order valence-corrected chi connectivity index (χ2v) is 11.0. The van der Waals surface area contributed by atoms with Gasteiger partial charge in [0.2, 0.25) is 0 Å². The minimum Gasteiger partial charge on any atom is -0.507 e. The number of alkyl carbamates (subject to hydrolysis) is 1. The summed E-state index contributed by atoms with van der Waals surface area (Å²) in [6.45, 7) is 7.51. The molecule has 1 amide bonds. The smallest absolute Gasteiger partial charge is 0.410 e. The Kier molecular flexibility index (Phi) is 10.8. The van der Waals surface area contributed by atoms with E-state index in [4.69, 9.17) is 8.83 Å². The van der Waals surface area contributed by atoms with Gasteiger partial charge in [-0.2, -0.15) is 0 Å². The van der Waals surface area contributed by atoms with Crippen LogP contribution >= 0.6 is 0 Å². The van der Waals surface area contributed by atoms with Crippen molar-refractivity contribution in [1.29, 1.82) is 0 Å². The van der Waals surface area contributed by atoms with Crippen molar-refractivity contribution in [2.24, 2.45) is 5.41 Å². The van der Waals surface area contributed by atoms with E-state index in [1.165, 1.54) is 44.2 Å². The van der Waals surface area contributed by atoms with Crippen molar-refractivity contribution < 1.29 is 28.3 Å². The van der Waals surface area contributed by atoms with Gasteiger partial charge in [-0.1, -0.05) is 59.1 Å². The van der Waals surface area contributed by atoms with Crippen molar-refractivity contribution in [2.75, 3.05) is 7.11 Å². The summed E-state index contributed by atoms with van der Waals surface area (Å²) in [6.07, 6.45) is 9.94. The van der Waals surface area contributed by atoms with Gasteiger partial charge in [0.1, 0.15) is 28.4 Å². The van der Waals surface area contributed by atoms with E-state index < -0.39 is 28.7 Å². The quantitative estimate of drug-likeness (QED) is 0.158. The van der Waals surface area contributed by atoms with Crippen LogP contribution in [0.2, 0.25) is 0 Å². The molecular weight excluding hydrogens is 510 g/mol. The van der Waals surface area contributed by atoms with Crippen LogP contribution in [-0.4, -0.2) is 24.1 Å². The van der Waals surface area contributed by atoms with Crippen molar-refractivity contribution in [3.05, 3.63) is 75.7 Å². The lowest BCUT2D eigenvalue weighted by Crippen LogP contribution is -2.31. The summed E-state index contributed by atoms with van der Waals surface area (Å²) in [7, 11) is 1.28. The number of benzene rings is 1. The van der Waals surface area contributed by atoms with E-state index in [1.54, 1.807) is 19.9 Å². The zero-order chi connectivity index (χ0) is 29.3. The van der Waals surface area contributed by atoms with Crippen LogP contribution in [0.4, 0.5) is 4.79 Å². The van der Waals surface area contributed by atoms with Crippen LogP contribution < -0.4 is 10.9 Å². The van der Waals surface area contributed by atoms with Crippen LogP contribution in [0, 0.1) is 5.41 Å². The molecule has 0 aliphatic carbocycles. The number of Topliss-reactive ketones (excluding diaryl/α,β-unsaturated/α-hetero) is 1. The molecule has 0 saturated carbocycles. The first-order valence-corrected chi connectivity index (χ1v) is 14.0. The lowest BCUT2D eigenvalue weighted by molar-refractivity contribution is 0.0822. The van der Waals surface area contributed by atoms with E-state index in [2.05, 4.69) is 29.1 Å². The molecule has 216 valence electrons. The molecule has 0 fully saturated rings. The van der Waals surface area contributed by atoms with Gasteiger partial charge in [0, 0.05) is 35.4 Å². The van der Waals surface area contributed by atoms with Gasteiger partial charge in [-0.15, -0.1) is 0 Å². The number of furan rings is 1. The van der Waals surface area contributed by atoms with Crippen LogP contribution in [0.15, 0.2) is 56.2 Å². The molecule has 1 atom stereocenters. The summed E-state index contributed by atoms with van der Waals surface area (Å²) < 4.78 is 16.0. The first-order chi connectivity index (χ1) is 19.1. The number of amides is 1. The van der Waals surface area contributed by atoms with Gasteiger partial charge >= 0.3 is 11.7 Å². The largest absolute Gasteiger partial charge is 0.507 e. The van der Waals surface area contributed by atoms with Crippen molar-refractivity contribution in [2.45, 2.75) is 85.0 Å². The fourth-order valence-electron chi connectivity index (χ4n) is 4.71. The third kappa shape index (κ3) is 8.10. The maximum Gasteiger partial charge on any atom is 0.410 e. The van der Waals surface area contributed by atoms with Gasteiger partial charge in [-0.05, 0) is 49.4 Å². The number of hydrogen-bond donors (Lipinski definition) is 2. The van der Waals surface area contributed by atoms with Crippen LogP contribution in [0.1, 0.15) is 99.6 Å². The maximum atomic E-state index is 13.4. The second-order valence-electron chi connectivity index (χ2n) is 11.0. The number of nitrogens with one attached hydrogen (secondary N) is 1. The lowest BCUT2D eigenvalue weighted by Gasteiger charge is -2.22. The predicted molar refractivity (Wildman–Crippen MR) is 155 cm³/mol. The summed E-state index contributed by atoms with van der Waals surface area (Å²) in [4.78, 5) is 37.4. The molecule has 3 rings (SSSR count). The number of ether oxygens (including phenoxy) is 1. The normalized spacial score (nSPS) is 12.6. The lowest BCUT2D eigenvalue weighted by atomic mass is 9.80. The van der Waals surface area contributed by atoms with Crippen LogP contribution in [-0.2, 0) is 17.6 Å². The highest BCUT2D eigenvalue weighted by Crippen LogP contribution is 2.33. The molecule has 0 bridgehead atoms. The Morgan fingerprint density at radius 1 is 1.12 bits per heavy atom. The number of methoxy groups -OCH3 is 1. The molecule has 0 radical (unpaired) electrons.